The Morgan fingerprint density at radius 2 is 2.35 bits per heavy atom. The third-order valence-electron chi connectivity index (χ3n) is 2.97. The zero-order chi connectivity index (χ0) is 14.5. The Bertz CT molecular complexity index is 540. The van der Waals surface area contributed by atoms with Crippen molar-refractivity contribution in [1.82, 2.24) is 5.32 Å². The summed E-state index contributed by atoms with van der Waals surface area (Å²) in [6.45, 7) is 0.0414. The number of nitriles is 1. The van der Waals surface area contributed by atoms with Gasteiger partial charge in [0, 0.05) is 18.5 Å². The van der Waals surface area contributed by atoms with Gasteiger partial charge in [0.2, 0.25) is 5.75 Å². The Hall–Kier alpha value is -2.20. The molecule has 7 heteroatoms. The van der Waals surface area contributed by atoms with Crippen molar-refractivity contribution in [2.24, 2.45) is 0 Å². The Morgan fingerprint density at radius 3 is 2.95 bits per heavy atom. The Kier molecular flexibility index (Phi) is 4.48. The fourth-order valence-corrected chi connectivity index (χ4v) is 1.78. The van der Waals surface area contributed by atoms with E-state index in [1.807, 2.05) is 0 Å². The maximum atomic E-state index is 13.5. The lowest BCUT2D eigenvalue weighted by Crippen LogP contribution is -2.31. The number of ether oxygens (including phenoxy) is 1. The number of hydrogen-bond acceptors (Lipinski definition) is 5. The summed E-state index contributed by atoms with van der Waals surface area (Å²) in [6, 6.07) is 5.63. The molecular weight excluding hydrogens is 265 g/mol. The van der Waals surface area contributed by atoms with Gasteiger partial charge in [0.05, 0.1) is 23.6 Å². The van der Waals surface area contributed by atoms with E-state index in [1.165, 1.54) is 12.1 Å². The van der Waals surface area contributed by atoms with Crippen molar-refractivity contribution in [3.05, 3.63) is 34.1 Å². The molecule has 1 aromatic rings. The van der Waals surface area contributed by atoms with E-state index in [-0.39, 0.29) is 18.4 Å². The summed E-state index contributed by atoms with van der Waals surface area (Å²) in [4.78, 5) is 10.1. The highest BCUT2D eigenvalue weighted by Gasteiger charge is 2.25. The molecule has 0 bridgehead atoms. The second kappa shape index (κ2) is 6.30. The zero-order valence-electron chi connectivity index (χ0n) is 10.7. The summed E-state index contributed by atoms with van der Waals surface area (Å²) in [5.41, 5.74) is -0.409. The van der Waals surface area contributed by atoms with Gasteiger partial charge in [-0.1, -0.05) is 6.07 Å². The second-order valence-electron chi connectivity index (χ2n) is 4.60. The van der Waals surface area contributed by atoms with Crippen LogP contribution in [0.2, 0.25) is 0 Å². The van der Waals surface area contributed by atoms with Gasteiger partial charge in [0.1, 0.15) is 0 Å². The van der Waals surface area contributed by atoms with Crippen LogP contribution in [0.5, 0.6) is 5.75 Å². The van der Waals surface area contributed by atoms with Gasteiger partial charge in [-0.15, -0.1) is 0 Å². The first-order valence-electron chi connectivity index (χ1n) is 6.33. The molecule has 6 nitrogen and oxygen atoms in total. The van der Waals surface area contributed by atoms with E-state index in [0.717, 1.165) is 18.9 Å². The summed E-state index contributed by atoms with van der Waals surface area (Å²) < 4.78 is 18.7. The number of nitrogens with zero attached hydrogens (tertiary/aromatic N) is 2. The van der Waals surface area contributed by atoms with Crippen molar-refractivity contribution >= 4 is 5.69 Å². The van der Waals surface area contributed by atoms with Gasteiger partial charge < -0.3 is 4.74 Å². The quantitative estimate of drug-likeness (QED) is 0.610. The molecule has 1 saturated carbocycles. The van der Waals surface area contributed by atoms with E-state index in [4.69, 9.17) is 10.00 Å². The van der Waals surface area contributed by atoms with Crippen LogP contribution >= 0.6 is 0 Å². The molecule has 0 aromatic heterocycles. The van der Waals surface area contributed by atoms with Gasteiger partial charge in [0.25, 0.3) is 0 Å². The Morgan fingerprint density at radius 1 is 1.60 bits per heavy atom. The fourth-order valence-electron chi connectivity index (χ4n) is 1.78. The number of halogens is 1. The summed E-state index contributed by atoms with van der Waals surface area (Å²) in [5.74, 6) is -1.15. The van der Waals surface area contributed by atoms with Crippen molar-refractivity contribution < 1.29 is 14.1 Å². The number of nitro benzene ring substituents is 1. The maximum Gasteiger partial charge on any atom is 0.314 e. The number of benzene rings is 1. The molecule has 1 atom stereocenters. The van der Waals surface area contributed by atoms with Crippen LogP contribution in [0.15, 0.2) is 18.2 Å². The van der Waals surface area contributed by atoms with E-state index in [9.17, 15) is 14.5 Å². The molecule has 1 aromatic carbocycles. The highest BCUT2D eigenvalue weighted by Crippen LogP contribution is 2.29. The van der Waals surface area contributed by atoms with Crippen LogP contribution in [0.1, 0.15) is 19.3 Å². The minimum absolute atomic E-state index is 0.0414. The fraction of sp³-hybridized carbons (Fsp3) is 0.462. The molecular formula is C13H14FN3O3. The molecule has 20 heavy (non-hydrogen) atoms. The highest BCUT2D eigenvalue weighted by molar-refractivity contribution is 5.46. The molecule has 0 saturated heterocycles. The predicted molar refractivity (Wildman–Crippen MR) is 68.7 cm³/mol. The Balaban J connectivity index is 1.93. The van der Waals surface area contributed by atoms with Crippen molar-refractivity contribution in [2.75, 3.05) is 6.61 Å². The van der Waals surface area contributed by atoms with Crippen LogP contribution in [-0.2, 0) is 0 Å². The molecule has 0 radical (unpaired) electrons. The number of nitro groups is 1. The number of rotatable bonds is 7. The van der Waals surface area contributed by atoms with Gasteiger partial charge in [0.15, 0.2) is 5.82 Å². The highest BCUT2D eigenvalue weighted by atomic mass is 19.1. The van der Waals surface area contributed by atoms with E-state index in [0.29, 0.717) is 12.5 Å². The number of hydrogen-bond donors (Lipinski definition) is 1. The first-order valence-corrected chi connectivity index (χ1v) is 6.33. The van der Waals surface area contributed by atoms with E-state index in [2.05, 4.69) is 11.4 Å². The average molecular weight is 279 g/mol. The lowest BCUT2D eigenvalue weighted by atomic mass is 10.2. The molecule has 106 valence electrons. The normalized spacial score (nSPS) is 15.4. The molecule has 1 aliphatic rings. The van der Waals surface area contributed by atoms with Gasteiger partial charge in [-0.05, 0) is 18.9 Å². The van der Waals surface area contributed by atoms with Crippen LogP contribution < -0.4 is 10.1 Å². The summed E-state index contributed by atoms with van der Waals surface area (Å²) in [5, 5.41) is 22.8. The zero-order valence-corrected chi connectivity index (χ0v) is 10.7. The molecule has 0 heterocycles. The van der Waals surface area contributed by atoms with Crippen LogP contribution in [0.4, 0.5) is 10.1 Å². The number of nitrogens with one attached hydrogen (secondary N) is 1. The molecule has 2 rings (SSSR count). The molecule has 1 fully saturated rings. The van der Waals surface area contributed by atoms with Crippen LogP contribution in [0, 0.1) is 27.3 Å². The number of para-hydroxylation sites is 1. The average Bonchev–Trinajstić information content (AvgIpc) is 3.23. The van der Waals surface area contributed by atoms with Crippen molar-refractivity contribution in [2.45, 2.75) is 31.3 Å². The lowest BCUT2D eigenvalue weighted by Gasteiger charge is -2.12. The smallest absolute Gasteiger partial charge is 0.314 e. The molecule has 1 aliphatic carbocycles. The van der Waals surface area contributed by atoms with Crippen molar-refractivity contribution in [3.8, 4) is 11.8 Å². The van der Waals surface area contributed by atoms with Crippen LogP contribution in [0.3, 0.4) is 0 Å². The van der Waals surface area contributed by atoms with Gasteiger partial charge >= 0.3 is 5.69 Å². The first-order chi connectivity index (χ1) is 9.61. The molecule has 0 aliphatic heterocycles. The monoisotopic (exact) mass is 279 g/mol. The van der Waals surface area contributed by atoms with Crippen molar-refractivity contribution in [3.63, 3.8) is 0 Å². The third kappa shape index (κ3) is 3.65. The third-order valence-corrected chi connectivity index (χ3v) is 2.97. The van der Waals surface area contributed by atoms with Crippen LogP contribution in [-0.4, -0.2) is 23.6 Å². The van der Waals surface area contributed by atoms with E-state index in [1.54, 1.807) is 0 Å². The summed E-state index contributed by atoms with van der Waals surface area (Å²) in [7, 11) is 0. The maximum absolute atomic E-state index is 13.5. The lowest BCUT2D eigenvalue weighted by molar-refractivity contribution is -0.386. The standard InChI is InChI=1S/C13H14FN3O3/c14-11-2-1-3-12(17(18)19)13(11)20-7-6-10(8-15)16-9-4-5-9/h1-3,9-10,16H,4-7H2. The topological polar surface area (TPSA) is 88.2 Å². The molecule has 0 amide bonds. The minimum Gasteiger partial charge on any atom is -0.485 e. The van der Waals surface area contributed by atoms with Gasteiger partial charge in [-0.2, -0.15) is 5.26 Å². The van der Waals surface area contributed by atoms with E-state index < -0.39 is 16.4 Å². The van der Waals surface area contributed by atoms with Crippen molar-refractivity contribution in [1.29, 1.82) is 5.26 Å². The summed E-state index contributed by atoms with van der Waals surface area (Å²) >= 11 is 0. The SMILES string of the molecule is N#CC(CCOc1c(F)cccc1[N+](=O)[O-])NC1CC1. The first kappa shape index (κ1) is 14.2. The van der Waals surface area contributed by atoms with Gasteiger partial charge in [-0.25, -0.2) is 4.39 Å². The minimum atomic E-state index is -0.775. The Labute approximate surface area is 115 Å². The van der Waals surface area contributed by atoms with Crippen LogP contribution in [0.25, 0.3) is 0 Å². The molecule has 1 unspecified atom stereocenters. The molecule has 1 N–H and O–H groups in total. The second-order valence-corrected chi connectivity index (χ2v) is 4.60. The predicted octanol–water partition coefficient (Wildman–Crippen LogP) is 2.15. The largest absolute Gasteiger partial charge is 0.485 e. The summed E-state index contributed by atoms with van der Waals surface area (Å²) in [6.07, 6.45) is 2.45. The van der Waals surface area contributed by atoms with E-state index >= 15 is 0 Å². The van der Waals surface area contributed by atoms with Gasteiger partial charge in [-0.3, -0.25) is 15.4 Å². The molecule has 0 spiro atoms.